The highest BCUT2D eigenvalue weighted by atomic mass is 19.1. The number of likely N-dealkylation sites (tertiary alicyclic amines) is 1. The van der Waals surface area contributed by atoms with Gasteiger partial charge in [0.1, 0.15) is 17.3 Å². The summed E-state index contributed by atoms with van der Waals surface area (Å²) in [5, 5.41) is 2.97. The number of carbonyl (C=O) groups excluding carboxylic acids is 1. The molecule has 2 aromatic carbocycles. The first-order valence-electron chi connectivity index (χ1n) is 10.2. The molecule has 1 aliphatic heterocycles. The predicted molar refractivity (Wildman–Crippen MR) is 111 cm³/mol. The van der Waals surface area contributed by atoms with Crippen LogP contribution >= 0.6 is 0 Å². The third-order valence-electron chi connectivity index (χ3n) is 5.29. The molecule has 6 heteroatoms. The Morgan fingerprint density at radius 2 is 1.72 bits per heavy atom. The quantitative estimate of drug-likeness (QED) is 0.653. The van der Waals surface area contributed by atoms with Gasteiger partial charge < -0.3 is 19.7 Å². The highest BCUT2D eigenvalue weighted by Crippen LogP contribution is 2.19. The third kappa shape index (κ3) is 6.75. The molecule has 29 heavy (non-hydrogen) atoms. The minimum absolute atomic E-state index is 0.0576. The van der Waals surface area contributed by atoms with E-state index in [-0.39, 0.29) is 17.6 Å². The summed E-state index contributed by atoms with van der Waals surface area (Å²) >= 11 is 0. The standard InChI is InChI=1S/C23H29FN2O3/c1-28-21-7-9-22(10-8-21)29-16-2-13-26-14-11-19(12-15-26)23(27)25-17-18-3-5-20(24)6-4-18/h3-10,19H,2,11-17H2,1H3,(H,25,27). The highest BCUT2D eigenvalue weighted by Gasteiger charge is 2.24. The number of piperidine rings is 1. The summed E-state index contributed by atoms with van der Waals surface area (Å²) in [6.45, 7) is 3.95. The van der Waals surface area contributed by atoms with Crippen molar-refractivity contribution in [3.05, 3.63) is 59.9 Å². The van der Waals surface area contributed by atoms with E-state index < -0.39 is 0 Å². The average Bonchev–Trinajstić information content (AvgIpc) is 2.77. The normalized spacial score (nSPS) is 15.1. The largest absolute Gasteiger partial charge is 0.497 e. The van der Waals surface area contributed by atoms with Gasteiger partial charge in [-0.2, -0.15) is 0 Å². The maximum Gasteiger partial charge on any atom is 0.223 e. The van der Waals surface area contributed by atoms with Crippen LogP contribution in [0.15, 0.2) is 48.5 Å². The number of hydrogen-bond acceptors (Lipinski definition) is 4. The highest BCUT2D eigenvalue weighted by molar-refractivity contribution is 5.78. The van der Waals surface area contributed by atoms with Gasteiger partial charge in [0.15, 0.2) is 0 Å². The molecule has 0 spiro atoms. The molecule has 0 bridgehead atoms. The summed E-state index contributed by atoms with van der Waals surface area (Å²) in [5.41, 5.74) is 0.911. The first-order chi connectivity index (χ1) is 14.1. The van der Waals surface area contributed by atoms with E-state index in [1.54, 1.807) is 19.2 Å². The second-order valence-corrected chi connectivity index (χ2v) is 7.34. The molecular formula is C23H29FN2O3. The van der Waals surface area contributed by atoms with Crippen LogP contribution in [0.5, 0.6) is 11.5 Å². The molecule has 3 rings (SSSR count). The fraction of sp³-hybridized carbons (Fsp3) is 0.435. The number of nitrogens with zero attached hydrogens (tertiary/aromatic N) is 1. The molecule has 1 aliphatic rings. The molecule has 0 radical (unpaired) electrons. The fourth-order valence-corrected chi connectivity index (χ4v) is 3.50. The number of amides is 1. The van der Waals surface area contributed by atoms with Gasteiger partial charge >= 0.3 is 0 Å². The minimum Gasteiger partial charge on any atom is -0.497 e. The first kappa shape index (κ1) is 21.1. The van der Waals surface area contributed by atoms with Crippen LogP contribution in [-0.4, -0.2) is 44.2 Å². The number of rotatable bonds is 9. The Morgan fingerprint density at radius 1 is 1.07 bits per heavy atom. The molecule has 0 aromatic heterocycles. The van der Waals surface area contributed by atoms with Crippen molar-refractivity contribution in [3.63, 3.8) is 0 Å². The van der Waals surface area contributed by atoms with Gasteiger partial charge in [0, 0.05) is 19.0 Å². The Morgan fingerprint density at radius 3 is 2.38 bits per heavy atom. The van der Waals surface area contributed by atoms with Gasteiger partial charge in [0.25, 0.3) is 0 Å². The molecule has 0 saturated carbocycles. The number of halogens is 1. The Bertz CT molecular complexity index is 757. The fourth-order valence-electron chi connectivity index (χ4n) is 3.50. The van der Waals surface area contributed by atoms with Crippen LogP contribution < -0.4 is 14.8 Å². The lowest BCUT2D eigenvalue weighted by Gasteiger charge is -2.31. The molecular weight excluding hydrogens is 371 g/mol. The van der Waals surface area contributed by atoms with Crippen molar-refractivity contribution in [3.8, 4) is 11.5 Å². The van der Waals surface area contributed by atoms with Crippen molar-refractivity contribution in [2.75, 3.05) is 33.4 Å². The summed E-state index contributed by atoms with van der Waals surface area (Å²) in [4.78, 5) is 14.8. The molecule has 156 valence electrons. The molecule has 1 fully saturated rings. The summed E-state index contributed by atoms with van der Waals surface area (Å²) in [6, 6.07) is 13.8. The van der Waals surface area contributed by atoms with Gasteiger partial charge in [0.05, 0.1) is 13.7 Å². The Kier molecular flexibility index (Phi) is 7.87. The maximum absolute atomic E-state index is 12.9. The Balaban J connectivity index is 1.29. The summed E-state index contributed by atoms with van der Waals surface area (Å²) in [5.74, 6) is 1.56. The number of ether oxygens (including phenoxy) is 2. The van der Waals surface area contributed by atoms with Gasteiger partial charge in [-0.25, -0.2) is 4.39 Å². The lowest BCUT2D eigenvalue weighted by atomic mass is 9.95. The van der Waals surface area contributed by atoms with E-state index in [1.807, 2.05) is 24.3 Å². The molecule has 1 saturated heterocycles. The summed E-state index contributed by atoms with van der Waals surface area (Å²) in [7, 11) is 1.65. The van der Waals surface area contributed by atoms with Crippen LogP contribution in [-0.2, 0) is 11.3 Å². The van der Waals surface area contributed by atoms with Gasteiger partial charge in [-0.1, -0.05) is 12.1 Å². The van der Waals surface area contributed by atoms with Crippen LogP contribution in [0.2, 0.25) is 0 Å². The zero-order valence-electron chi connectivity index (χ0n) is 16.9. The molecule has 5 nitrogen and oxygen atoms in total. The van der Waals surface area contributed by atoms with Crippen LogP contribution in [0.1, 0.15) is 24.8 Å². The summed E-state index contributed by atoms with van der Waals surface area (Å²) < 4.78 is 23.8. The second-order valence-electron chi connectivity index (χ2n) is 7.34. The number of hydrogen-bond donors (Lipinski definition) is 1. The van der Waals surface area contributed by atoms with Crippen molar-refractivity contribution in [2.45, 2.75) is 25.8 Å². The molecule has 0 unspecified atom stereocenters. The van der Waals surface area contributed by atoms with E-state index in [0.717, 1.165) is 56.0 Å². The van der Waals surface area contributed by atoms with E-state index in [2.05, 4.69) is 10.2 Å². The lowest BCUT2D eigenvalue weighted by molar-refractivity contribution is -0.126. The van der Waals surface area contributed by atoms with Crippen LogP contribution in [0.4, 0.5) is 4.39 Å². The molecule has 1 heterocycles. The van der Waals surface area contributed by atoms with Crippen LogP contribution in [0.25, 0.3) is 0 Å². The van der Waals surface area contributed by atoms with E-state index in [4.69, 9.17) is 9.47 Å². The molecule has 1 N–H and O–H groups in total. The monoisotopic (exact) mass is 400 g/mol. The molecule has 0 atom stereocenters. The van der Waals surface area contributed by atoms with Crippen molar-refractivity contribution >= 4 is 5.91 Å². The molecule has 2 aromatic rings. The number of nitrogens with one attached hydrogen (secondary N) is 1. The number of benzene rings is 2. The Labute approximate surface area is 171 Å². The van der Waals surface area contributed by atoms with Gasteiger partial charge in [-0.3, -0.25) is 4.79 Å². The van der Waals surface area contributed by atoms with E-state index in [0.29, 0.717) is 13.2 Å². The van der Waals surface area contributed by atoms with Crippen LogP contribution in [0.3, 0.4) is 0 Å². The van der Waals surface area contributed by atoms with Crippen LogP contribution in [0, 0.1) is 11.7 Å². The number of methoxy groups -OCH3 is 1. The topological polar surface area (TPSA) is 50.8 Å². The summed E-state index contributed by atoms with van der Waals surface area (Å²) in [6.07, 6.45) is 2.69. The maximum atomic E-state index is 12.9. The predicted octanol–water partition coefficient (Wildman–Crippen LogP) is 3.63. The van der Waals surface area contributed by atoms with Gasteiger partial charge in [-0.15, -0.1) is 0 Å². The van der Waals surface area contributed by atoms with Crippen molar-refractivity contribution in [1.82, 2.24) is 10.2 Å². The molecule has 0 aliphatic carbocycles. The molecule has 1 amide bonds. The lowest BCUT2D eigenvalue weighted by Crippen LogP contribution is -2.40. The van der Waals surface area contributed by atoms with Gasteiger partial charge in [-0.05, 0) is 74.3 Å². The van der Waals surface area contributed by atoms with E-state index in [9.17, 15) is 9.18 Å². The van der Waals surface area contributed by atoms with Crippen molar-refractivity contribution in [1.29, 1.82) is 0 Å². The van der Waals surface area contributed by atoms with E-state index >= 15 is 0 Å². The smallest absolute Gasteiger partial charge is 0.223 e. The second kappa shape index (κ2) is 10.8. The third-order valence-corrected chi connectivity index (χ3v) is 5.29. The first-order valence-corrected chi connectivity index (χ1v) is 10.2. The van der Waals surface area contributed by atoms with Crippen molar-refractivity contribution in [2.24, 2.45) is 5.92 Å². The number of carbonyl (C=O) groups is 1. The average molecular weight is 400 g/mol. The minimum atomic E-state index is -0.262. The zero-order valence-corrected chi connectivity index (χ0v) is 16.9. The zero-order chi connectivity index (χ0) is 20.5. The van der Waals surface area contributed by atoms with Crippen molar-refractivity contribution < 1.29 is 18.7 Å². The SMILES string of the molecule is COc1ccc(OCCCN2CCC(C(=O)NCc3ccc(F)cc3)CC2)cc1. The Hall–Kier alpha value is -2.60. The van der Waals surface area contributed by atoms with Gasteiger partial charge in [0.2, 0.25) is 5.91 Å². The van der Waals surface area contributed by atoms with E-state index in [1.165, 1.54) is 12.1 Å².